The van der Waals surface area contributed by atoms with Crippen LogP contribution in [0.3, 0.4) is 0 Å². The van der Waals surface area contributed by atoms with E-state index in [0.29, 0.717) is 10.9 Å². The number of urea groups is 1. The number of thiazole rings is 1. The van der Waals surface area contributed by atoms with Crippen molar-refractivity contribution in [1.82, 2.24) is 4.98 Å². The van der Waals surface area contributed by atoms with Gasteiger partial charge in [0.05, 0.1) is 0 Å². The lowest BCUT2D eigenvalue weighted by atomic mass is 10.8. The molecule has 0 aliphatic rings. The van der Waals surface area contributed by atoms with Crippen LogP contribution >= 0.6 is 11.3 Å². The lowest BCUT2D eigenvalue weighted by Crippen LogP contribution is -2.19. The van der Waals surface area contributed by atoms with Crippen LogP contribution in [0, 0.1) is 0 Å². The molecule has 1 heterocycles. The SMILES string of the molecule is NC(=O)Nc1nc(N)cs1. The molecule has 0 saturated carbocycles. The summed E-state index contributed by atoms with van der Waals surface area (Å²) in [6, 6.07) is -0.630. The van der Waals surface area contributed by atoms with Crippen molar-refractivity contribution < 1.29 is 4.79 Å². The van der Waals surface area contributed by atoms with Crippen LogP contribution < -0.4 is 16.8 Å². The number of primary amides is 1. The number of anilines is 2. The predicted octanol–water partition coefficient (Wildman–Crippen LogP) is 0.216. The van der Waals surface area contributed by atoms with Crippen LogP contribution in [0.15, 0.2) is 5.38 Å². The molecule has 10 heavy (non-hydrogen) atoms. The highest BCUT2D eigenvalue weighted by Gasteiger charge is 1.98. The van der Waals surface area contributed by atoms with Gasteiger partial charge in [-0.05, 0) is 0 Å². The number of nitrogen functional groups attached to an aromatic ring is 1. The van der Waals surface area contributed by atoms with Crippen molar-refractivity contribution in [3.63, 3.8) is 0 Å². The Bertz CT molecular complexity index is 245. The molecule has 0 aliphatic carbocycles. The number of amides is 2. The van der Waals surface area contributed by atoms with Crippen LogP contribution in [0.4, 0.5) is 15.7 Å². The van der Waals surface area contributed by atoms with Crippen molar-refractivity contribution in [2.24, 2.45) is 5.73 Å². The lowest BCUT2D eigenvalue weighted by Gasteiger charge is -1.91. The standard InChI is InChI=1S/C4H6N4OS/c5-2-1-10-4(7-2)8-3(6)9/h1H,5H2,(H3,6,7,8,9). The Balaban J connectivity index is 2.67. The topological polar surface area (TPSA) is 94.0 Å². The molecule has 2 amide bonds. The molecule has 0 fully saturated rings. The van der Waals surface area contributed by atoms with Gasteiger partial charge in [0.2, 0.25) is 0 Å². The van der Waals surface area contributed by atoms with Gasteiger partial charge in [0.15, 0.2) is 5.13 Å². The number of hydrogen-bond donors (Lipinski definition) is 3. The number of nitrogens with one attached hydrogen (secondary N) is 1. The van der Waals surface area contributed by atoms with E-state index >= 15 is 0 Å². The van der Waals surface area contributed by atoms with Crippen molar-refractivity contribution in [2.45, 2.75) is 0 Å². The molecule has 0 saturated heterocycles. The Morgan fingerprint density at radius 1 is 1.80 bits per heavy atom. The molecule has 1 aromatic heterocycles. The summed E-state index contributed by atoms with van der Waals surface area (Å²) in [5.74, 6) is 0.383. The van der Waals surface area contributed by atoms with E-state index in [1.54, 1.807) is 5.38 Å². The van der Waals surface area contributed by atoms with Gasteiger partial charge in [0.25, 0.3) is 0 Å². The minimum atomic E-state index is -0.630. The van der Waals surface area contributed by atoms with Crippen molar-refractivity contribution in [3.05, 3.63) is 5.38 Å². The van der Waals surface area contributed by atoms with Crippen molar-refractivity contribution in [2.75, 3.05) is 11.1 Å². The van der Waals surface area contributed by atoms with Crippen LogP contribution in [0.25, 0.3) is 0 Å². The third-order valence-corrected chi connectivity index (χ3v) is 1.53. The molecule has 6 heteroatoms. The van der Waals surface area contributed by atoms with Crippen molar-refractivity contribution >= 4 is 28.3 Å². The van der Waals surface area contributed by atoms with Gasteiger partial charge in [-0.2, -0.15) is 0 Å². The summed E-state index contributed by atoms with van der Waals surface area (Å²) >= 11 is 1.23. The van der Waals surface area contributed by atoms with Crippen molar-refractivity contribution in [3.8, 4) is 0 Å². The quantitative estimate of drug-likeness (QED) is 0.545. The van der Waals surface area contributed by atoms with E-state index in [2.05, 4.69) is 10.3 Å². The molecule has 0 aliphatic heterocycles. The highest BCUT2D eigenvalue weighted by molar-refractivity contribution is 7.14. The Hall–Kier alpha value is -1.30. The molecule has 1 aromatic rings. The molecular formula is C4H6N4OS. The summed E-state index contributed by atoms with van der Waals surface area (Å²) in [5.41, 5.74) is 10.1. The summed E-state index contributed by atoms with van der Waals surface area (Å²) in [4.78, 5) is 14.0. The van der Waals surface area contributed by atoms with E-state index in [1.165, 1.54) is 11.3 Å². The summed E-state index contributed by atoms with van der Waals surface area (Å²) in [5, 5.41) is 4.33. The summed E-state index contributed by atoms with van der Waals surface area (Å²) in [6.45, 7) is 0. The van der Waals surface area contributed by atoms with E-state index in [9.17, 15) is 4.79 Å². The van der Waals surface area contributed by atoms with Gasteiger partial charge in [-0.3, -0.25) is 5.32 Å². The summed E-state index contributed by atoms with van der Waals surface area (Å²) < 4.78 is 0. The molecule has 54 valence electrons. The van der Waals surface area contributed by atoms with Gasteiger partial charge < -0.3 is 11.5 Å². The Morgan fingerprint density at radius 2 is 2.50 bits per heavy atom. The van der Waals surface area contributed by atoms with E-state index in [4.69, 9.17) is 11.5 Å². The van der Waals surface area contributed by atoms with Gasteiger partial charge in [0.1, 0.15) is 5.82 Å². The number of nitrogens with zero attached hydrogens (tertiary/aromatic N) is 1. The Kier molecular flexibility index (Phi) is 1.72. The molecule has 5 N–H and O–H groups in total. The summed E-state index contributed by atoms with van der Waals surface area (Å²) in [6.07, 6.45) is 0. The molecule has 5 nitrogen and oxygen atoms in total. The second kappa shape index (κ2) is 2.53. The van der Waals surface area contributed by atoms with Crippen LogP contribution in [-0.2, 0) is 0 Å². The zero-order valence-electron chi connectivity index (χ0n) is 5.00. The molecule has 0 unspecified atom stereocenters. The Labute approximate surface area is 61.0 Å². The van der Waals surface area contributed by atoms with Gasteiger partial charge in [0, 0.05) is 5.38 Å². The fraction of sp³-hybridized carbons (Fsp3) is 0. The highest BCUT2D eigenvalue weighted by Crippen LogP contribution is 2.15. The average molecular weight is 158 g/mol. The monoisotopic (exact) mass is 158 g/mol. The van der Waals surface area contributed by atoms with Gasteiger partial charge in [-0.15, -0.1) is 11.3 Å². The second-order valence-electron chi connectivity index (χ2n) is 1.57. The zero-order chi connectivity index (χ0) is 7.56. The first-order valence-electron chi connectivity index (χ1n) is 2.46. The van der Waals surface area contributed by atoms with Gasteiger partial charge in [-0.25, -0.2) is 9.78 Å². The number of carbonyl (C=O) groups is 1. The number of rotatable bonds is 1. The minimum absolute atomic E-state index is 0.383. The Morgan fingerprint density at radius 3 is 2.90 bits per heavy atom. The highest BCUT2D eigenvalue weighted by atomic mass is 32.1. The number of hydrogen-bond acceptors (Lipinski definition) is 4. The number of nitrogens with two attached hydrogens (primary N) is 2. The average Bonchev–Trinajstić information content (AvgIpc) is 2.13. The predicted molar refractivity (Wildman–Crippen MR) is 39.7 cm³/mol. The van der Waals surface area contributed by atoms with Crippen molar-refractivity contribution in [1.29, 1.82) is 0 Å². The first kappa shape index (κ1) is 6.81. The zero-order valence-corrected chi connectivity index (χ0v) is 5.81. The van der Waals surface area contributed by atoms with Crippen LogP contribution in [0.1, 0.15) is 0 Å². The molecule has 0 spiro atoms. The number of carbonyl (C=O) groups excluding carboxylic acids is 1. The maximum atomic E-state index is 10.2. The third-order valence-electron chi connectivity index (χ3n) is 0.752. The molecular weight excluding hydrogens is 152 g/mol. The first-order valence-corrected chi connectivity index (χ1v) is 3.34. The second-order valence-corrected chi connectivity index (χ2v) is 2.42. The summed E-state index contributed by atoms with van der Waals surface area (Å²) in [7, 11) is 0. The van der Waals surface area contributed by atoms with Gasteiger partial charge >= 0.3 is 6.03 Å². The maximum Gasteiger partial charge on any atom is 0.318 e. The third kappa shape index (κ3) is 1.59. The fourth-order valence-corrected chi connectivity index (χ4v) is 1.05. The smallest absolute Gasteiger partial charge is 0.318 e. The normalized spacial score (nSPS) is 9.20. The molecule has 0 atom stereocenters. The molecule has 1 rings (SSSR count). The maximum absolute atomic E-state index is 10.2. The lowest BCUT2D eigenvalue weighted by molar-refractivity contribution is 0.259. The molecule has 0 bridgehead atoms. The van der Waals surface area contributed by atoms with Crippen LogP contribution in [0.5, 0.6) is 0 Å². The fourth-order valence-electron chi connectivity index (χ4n) is 0.449. The minimum Gasteiger partial charge on any atom is -0.383 e. The molecule has 0 aromatic carbocycles. The van der Waals surface area contributed by atoms with Crippen LogP contribution in [-0.4, -0.2) is 11.0 Å². The first-order chi connectivity index (χ1) is 4.68. The van der Waals surface area contributed by atoms with Gasteiger partial charge in [-0.1, -0.05) is 0 Å². The largest absolute Gasteiger partial charge is 0.383 e. The molecule has 0 radical (unpaired) electrons. The van der Waals surface area contributed by atoms with E-state index in [-0.39, 0.29) is 0 Å². The van der Waals surface area contributed by atoms with E-state index in [1.807, 2.05) is 0 Å². The number of aromatic nitrogens is 1. The van der Waals surface area contributed by atoms with E-state index < -0.39 is 6.03 Å². The van der Waals surface area contributed by atoms with Crippen LogP contribution in [0.2, 0.25) is 0 Å². The van der Waals surface area contributed by atoms with E-state index in [0.717, 1.165) is 0 Å².